The molecule has 0 aromatic heterocycles. The van der Waals surface area contributed by atoms with Crippen molar-refractivity contribution >= 4 is 23.2 Å². The van der Waals surface area contributed by atoms with E-state index in [0.717, 1.165) is 28.1 Å². The highest BCUT2D eigenvalue weighted by molar-refractivity contribution is 6.02. The summed E-state index contributed by atoms with van der Waals surface area (Å²) >= 11 is 0. The monoisotopic (exact) mass is 352 g/mol. The molecule has 138 valence electrons. The number of nitrogens with zero attached hydrogens (tertiary/aromatic N) is 1. The lowest BCUT2D eigenvalue weighted by molar-refractivity contribution is -0.120. The van der Waals surface area contributed by atoms with Crippen molar-refractivity contribution in [3.8, 4) is 0 Å². The molecule has 0 atom stereocenters. The number of hydrogen-bond acceptors (Lipinski definition) is 2. The average Bonchev–Trinajstić information content (AvgIpc) is 2.52. The van der Waals surface area contributed by atoms with E-state index in [9.17, 15) is 9.59 Å². The van der Waals surface area contributed by atoms with Crippen molar-refractivity contribution in [2.75, 3.05) is 16.8 Å². The Morgan fingerprint density at radius 3 is 2.27 bits per heavy atom. The zero-order valence-corrected chi connectivity index (χ0v) is 16.5. The number of hydrogen-bond donors (Lipinski definition) is 1. The van der Waals surface area contributed by atoms with E-state index in [0.29, 0.717) is 0 Å². The summed E-state index contributed by atoms with van der Waals surface area (Å²) in [6.07, 6.45) is 0. The molecule has 2 rings (SSSR count). The number of anilines is 2. The molecule has 2 aromatic carbocycles. The highest BCUT2D eigenvalue weighted by Gasteiger charge is 2.21. The van der Waals surface area contributed by atoms with Crippen molar-refractivity contribution in [1.29, 1.82) is 0 Å². The summed E-state index contributed by atoms with van der Waals surface area (Å²) in [6.45, 7) is 11.7. The van der Waals surface area contributed by atoms with Crippen LogP contribution in [0.4, 0.5) is 11.4 Å². The number of rotatable bonds is 4. The Balaban J connectivity index is 2.24. The maximum Gasteiger partial charge on any atom is 0.244 e. The van der Waals surface area contributed by atoms with Crippen LogP contribution < -0.4 is 10.2 Å². The standard InChI is InChI=1S/C22H28N2O2/c1-15-11-12-20(16(2)13-15)24(17(3)25)14-21(26)23-19-10-8-7-9-18(19)22(4,5)6/h7-13H,14H2,1-6H3,(H,23,26). The summed E-state index contributed by atoms with van der Waals surface area (Å²) in [7, 11) is 0. The number of carbonyl (C=O) groups is 2. The maximum atomic E-state index is 12.7. The molecular formula is C22H28N2O2. The van der Waals surface area contributed by atoms with Crippen LogP contribution in [0.25, 0.3) is 0 Å². The molecule has 0 heterocycles. The quantitative estimate of drug-likeness (QED) is 0.875. The van der Waals surface area contributed by atoms with Crippen LogP contribution in [0.2, 0.25) is 0 Å². The van der Waals surface area contributed by atoms with Gasteiger partial charge < -0.3 is 10.2 Å². The number of nitrogens with one attached hydrogen (secondary N) is 1. The number of benzene rings is 2. The van der Waals surface area contributed by atoms with Crippen LogP contribution in [0.15, 0.2) is 42.5 Å². The minimum absolute atomic E-state index is 0.0162. The van der Waals surface area contributed by atoms with Gasteiger partial charge in [0, 0.05) is 18.3 Å². The largest absolute Gasteiger partial charge is 0.324 e. The predicted octanol–water partition coefficient (Wildman–Crippen LogP) is 4.59. The number of aryl methyl sites for hydroxylation is 2. The minimum Gasteiger partial charge on any atom is -0.324 e. The van der Waals surface area contributed by atoms with E-state index in [1.165, 1.54) is 11.8 Å². The van der Waals surface area contributed by atoms with Gasteiger partial charge in [-0.05, 0) is 42.5 Å². The van der Waals surface area contributed by atoms with Crippen LogP contribution in [0.5, 0.6) is 0 Å². The van der Waals surface area contributed by atoms with E-state index in [1.54, 1.807) is 0 Å². The number of para-hydroxylation sites is 1. The Hall–Kier alpha value is -2.62. The molecule has 0 aliphatic carbocycles. The van der Waals surface area contributed by atoms with Gasteiger partial charge in [0.25, 0.3) is 0 Å². The van der Waals surface area contributed by atoms with Crippen molar-refractivity contribution in [2.24, 2.45) is 0 Å². The topological polar surface area (TPSA) is 49.4 Å². The Bertz CT molecular complexity index is 819. The molecule has 0 saturated carbocycles. The Kier molecular flexibility index (Phi) is 5.86. The van der Waals surface area contributed by atoms with Gasteiger partial charge in [0.2, 0.25) is 11.8 Å². The molecule has 0 unspecified atom stereocenters. The van der Waals surface area contributed by atoms with Crippen LogP contribution >= 0.6 is 0 Å². The van der Waals surface area contributed by atoms with Gasteiger partial charge in [0.1, 0.15) is 6.54 Å². The lowest BCUT2D eigenvalue weighted by Crippen LogP contribution is -2.37. The normalized spacial score (nSPS) is 11.2. The fourth-order valence-corrected chi connectivity index (χ4v) is 3.05. The molecule has 0 aliphatic rings. The minimum atomic E-state index is -0.211. The lowest BCUT2D eigenvalue weighted by Gasteiger charge is -2.25. The average molecular weight is 352 g/mol. The third-order valence-corrected chi connectivity index (χ3v) is 4.33. The van der Waals surface area contributed by atoms with Gasteiger partial charge in [0.05, 0.1) is 0 Å². The van der Waals surface area contributed by atoms with E-state index in [-0.39, 0.29) is 23.8 Å². The zero-order chi connectivity index (χ0) is 19.5. The second-order valence-corrected chi connectivity index (χ2v) is 7.74. The molecule has 0 fully saturated rings. The van der Waals surface area contributed by atoms with Gasteiger partial charge >= 0.3 is 0 Å². The van der Waals surface area contributed by atoms with Crippen LogP contribution in [0.1, 0.15) is 44.4 Å². The van der Waals surface area contributed by atoms with Crippen molar-refractivity contribution in [1.82, 2.24) is 0 Å². The van der Waals surface area contributed by atoms with Crippen molar-refractivity contribution in [3.05, 3.63) is 59.2 Å². The zero-order valence-electron chi connectivity index (χ0n) is 16.5. The first kappa shape index (κ1) is 19.7. The molecule has 4 heteroatoms. The molecule has 1 N–H and O–H groups in total. The van der Waals surface area contributed by atoms with Gasteiger partial charge in [-0.15, -0.1) is 0 Å². The highest BCUT2D eigenvalue weighted by Crippen LogP contribution is 2.29. The van der Waals surface area contributed by atoms with Gasteiger partial charge in [-0.25, -0.2) is 0 Å². The molecular weight excluding hydrogens is 324 g/mol. The Morgan fingerprint density at radius 1 is 1.04 bits per heavy atom. The summed E-state index contributed by atoms with van der Waals surface area (Å²) in [5, 5.41) is 2.97. The van der Waals surface area contributed by atoms with Gasteiger partial charge in [0.15, 0.2) is 0 Å². The fourth-order valence-electron chi connectivity index (χ4n) is 3.05. The summed E-state index contributed by atoms with van der Waals surface area (Å²) in [6, 6.07) is 13.6. The number of carbonyl (C=O) groups excluding carboxylic acids is 2. The smallest absolute Gasteiger partial charge is 0.244 e. The molecule has 2 amide bonds. The lowest BCUT2D eigenvalue weighted by atomic mass is 9.86. The van der Waals surface area contributed by atoms with Crippen molar-refractivity contribution in [2.45, 2.75) is 47.0 Å². The third-order valence-electron chi connectivity index (χ3n) is 4.33. The molecule has 0 aliphatic heterocycles. The van der Waals surface area contributed by atoms with E-state index in [2.05, 4.69) is 26.1 Å². The SMILES string of the molecule is CC(=O)N(CC(=O)Nc1ccccc1C(C)(C)C)c1ccc(C)cc1C. The van der Waals surface area contributed by atoms with E-state index in [4.69, 9.17) is 0 Å². The summed E-state index contributed by atoms with van der Waals surface area (Å²) < 4.78 is 0. The van der Waals surface area contributed by atoms with E-state index < -0.39 is 0 Å². The summed E-state index contributed by atoms with van der Waals surface area (Å²) in [5.41, 5.74) is 4.63. The Labute approximate surface area is 156 Å². The molecule has 26 heavy (non-hydrogen) atoms. The van der Waals surface area contributed by atoms with E-state index in [1.807, 2.05) is 56.3 Å². The molecule has 0 saturated heterocycles. The fraction of sp³-hybridized carbons (Fsp3) is 0.364. The van der Waals surface area contributed by atoms with Crippen LogP contribution in [0.3, 0.4) is 0 Å². The predicted molar refractivity (Wildman–Crippen MR) is 108 cm³/mol. The Morgan fingerprint density at radius 2 is 1.69 bits per heavy atom. The van der Waals surface area contributed by atoms with Crippen LogP contribution in [0, 0.1) is 13.8 Å². The van der Waals surface area contributed by atoms with Crippen molar-refractivity contribution < 1.29 is 9.59 Å². The van der Waals surface area contributed by atoms with Gasteiger partial charge in [-0.1, -0.05) is 56.7 Å². The summed E-state index contributed by atoms with van der Waals surface area (Å²) in [4.78, 5) is 26.3. The first-order valence-electron chi connectivity index (χ1n) is 8.84. The van der Waals surface area contributed by atoms with Crippen LogP contribution in [-0.4, -0.2) is 18.4 Å². The second kappa shape index (κ2) is 7.73. The van der Waals surface area contributed by atoms with Gasteiger partial charge in [-0.2, -0.15) is 0 Å². The second-order valence-electron chi connectivity index (χ2n) is 7.74. The van der Waals surface area contributed by atoms with Crippen LogP contribution in [-0.2, 0) is 15.0 Å². The first-order valence-corrected chi connectivity index (χ1v) is 8.84. The highest BCUT2D eigenvalue weighted by atomic mass is 16.2. The summed E-state index contributed by atoms with van der Waals surface area (Å²) in [5.74, 6) is -0.368. The van der Waals surface area contributed by atoms with Crippen molar-refractivity contribution in [3.63, 3.8) is 0 Å². The molecule has 0 radical (unpaired) electrons. The third kappa shape index (κ3) is 4.72. The first-order chi connectivity index (χ1) is 12.1. The molecule has 0 bridgehead atoms. The molecule has 0 spiro atoms. The molecule has 4 nitrogen and oxygen atoms in total. The number of amides is 2. The van der Waals surface area contributed by atoms with E-state index >= 15 is 0 Å². The van der Waals surface area contributed by atoms with Gasteiger partial charge in [-0.3, -0.25) is 9.59 Å². The molecule has 2 aromatic rings. The maximum absolute atomic E-state index is 12.7.